The number of carbonyl (C=O) groups is 2. The van der Waals surface area contributed by atoms with Crippen molar-refractivity contribution in [2.75, 3.05) is 27.1 Å². The van der Waals surface area contributed by atoms with Gasteiger partial charge in [0.2, 0.25) is 12.6 Å². The SMILES string of the molecule is CC[C@@H]1C[C@H](CO)CC2=C1C(=O)C(OC)=C(C)C2=O.CC[C@@H]1C[C@H](CO)Cc2c(O)c(C)c3c(c21)OCO3. The third kappa shape index (κ3) is 4.73. The number of hydrogen-bond donors (Lipinski definition) is 3. The van der Waals surface area contributed by atoms with Crippen molar-refractivity contribution < 1.29 is 39.1 Å². The second-order valence-electron chi connectivity index (χ2n) is 10.8. The van der Waals surface area contributed by atoms with Crippen LogP contribution in [0.5, 0.6) is 17.2 Å². The molecule has 0 saturated heterocycles. The number of fused-ring (bicyclic) bond motifs is 3. The topological polar surface area (TPSA) is 123 Å². The van der Waals surface area contributed by atoms with Crippen LogP contribution in [0.2, 0.25) is 0 Å². The van der Waals surface area contributed by atoms with Crippen molar-refractivity contribution in [1.82, 2.24) is 0 Å². The first kappa shape index (κ1) is 28.2. The maximum absolute atomic E-state index is 12.5. The first-order valence-electron chi connectivity index (χ1n) is 13.6. The lowest BCUT2D eigenvalue weighted by Gasteiger charge is -2.34. The Kier molecular flexibility index (Phi) is 8.52. The van der Waals surface area contributed by atoms with E-state index in [1.165, 1.54) is 7.11 Å². The quantitative estimate of drug-likeness (QED) is 0.485. The number of aromatic hydroxyl groups is 1. The van der Waals surface area contributed by atoms with E-state index >= 15 is 0 Å². The second kappa shape index (κ2) is 11.5. The molecule has 0 unspecified atom stereocenters. The fourth-order valence-electron chi connectivity index (χ4n) is 6.56. The van der Waals surface area contributed by atoms with Gasteiger partial charge in [0.25, 0.3) is 0 Å². The molecule has 1 heterocycles. The highest BCUT2D eigenvalue weighted by atomic mass is 16.7. The van der Waals surface area contributed by atoms with E-state index in [0.29, 0.717) is 47.0 Å². The summed E-state index contributed by atoms with van der Waals surface area (Å²) in [7, 11) is 1.43. The van der Waals surface area contributed by atoms with Gasteiger partial charge in [-0.1, -0.05) is 13.8 Å². The molecule has 0 fully saturated rings. The van der Waals surface area contributed by atoms with Crippen LogP contribution >= 0.6 is 0 Å². The third-order valence-electron chi connectivity index (χ3n) is 8.64. The Hall–Kier alpha value is -2.84. The van der Waals surface area contributed by atoms with Gasteiger partial charge in [-0.25, -0.2) is 0 Å². The molecule has 208 valence electrons. The minimum atomic E-state index is -0.141. The van der Waals surface area contributed by atoms with Gasteiger partial charge in [0, 0.05) is 46.6 Å². The average Bonchev–Trinajstić information content (AvgIpc) is 3.44. The largest absolute Gasteiger partial charge is 0.507 e. The Morgan fingerprint density at radius 2 is 1.50 bits per heavy atom. The number of benzene rings is 1. The van der Waals surface area contributed by atoms with Crippen molar-refractivity contribution in [1.29, 1.82) is 0 Å². The Morgan fingerprint density at radius 3 is 2.11 bits per heavy atom. The summed E-state index contributed by atoms with van der Waals surface area (Å²) in [4.78, 5) is 24.8. The van der Waals surface area contributed by atoms with Gasteiger partial charge in [-0.15, -0.1) is 0 Å². The van der Waals surface area contributed by atoms with E-state index in [1.807, 2.05) is 13.8 Å². The first-order chi connectivity index (χ1) is 18.2. The summed E-state index contributed by atoms with van der Waals surface area (Å²) in [5, 5.41) is 29.2. The Balaban J connectivity index is 0.000000177. The van der Waals surface area contributed by atoms with Crippen molar-refractivity contribution in [2.24, 2.45) is 17.8 Å². The molecule has 4 aliphatic rings. The van der Waals surface area contributed by atoms with Crippen molar-refractivity contribution in [3.05, 3.63) is 39.2 Å². The lowest BCUT2D eigenvalue weighted by molar-refractivity contribution is -0.119. The van der Waals surface area contributed by atoms with Crippen LogP contribution in [-0.2, 0) is 20.7 Å². The van der Waals surface area contributed by atoms with E-state index in [1.54, 1.807) is 6.92 Å². The number of ketones is 2. The summed E-state index contributed by atoms with van der Waals surface area (Å²) < 4.78 is 16.2. The molecule has 0 amide bonds. The molecule has 8 heteroatoms. The summed E-state index contributed by atoms with van der Waals surface area (Å²) in [5.74, 6) is 2.45. The number of carbonyl (C=O) groups excluding carboxylic acids is 2. The van der Waals surface area contributed by atoms with E-state index < -0.39 is 0 Å². The normalized spacial score (nSPS) is 26.1. The highest BCUT2D eigenvalue weighted by Gasteiger charge is 2.41. The number of allylic oxidation sites excluding steroid dienone is 3. The number of aliphatic hydroxyl groups excluding tert-OH is 2. The minimum Gasteiger partial charge on any atom is -0.507 e. The number of rotatable bonds is 5. The molecule has 1 aliphatic heterocycles. The molecular formula is C30H40O8. The zero-order chi connectivity index (χ0) is 27.7. The van der Waals surface area contributed by atoms with Gasteiger partial charge in [-0.3, -0.25) is 9.59 Å². The number of ether oxygens (including phenoxy) is 3. The van der Waals surface area contributed by atoms with Crippen LogP contribution in [0.4, 0.5) is 0 Å². The lowest BCUT2D eigenvalue weighted by atomic mass is 9.70. The predicted octanol–water partition coefficient (Wildman–Crippen LogP) is 4.26. The van der Waals surface area contributed by atoms with Crippen LogP contribution < -0.4 is 9.47 Å². The van der Waals surface area contributed by atoms with Crippen LogP contribution in [0.3, 0.4) is 0 Å². The van der Waals surface area contributed by atoms with Crippen LogP contribution in [0.1, 0.15) is 75.5 Å². The van der Waals surface area contributed by atoms with Crippen LogP contribution in [0.25, 0.3) is 0 Å². The van der Waals surface area contributed by atoms with Crippen molar-refractivity contribution in [3.63, 3.8) is 0 Å². The van der Waals surface area contributed by atoms with Crippen LogP contribution in [0, 0.1) is 24.7 Å². The molecule has 1 aromatic carbocycles. The summed E-state index contributed by atoms with van der Waals surface area (Å²) in [6.07, 6.45) is 4.69. The van der Waals surface area contributed by atoms with Gasteiger partial charge < -0.3 is 29.5 Å². The summed E-state index contributed by atoms with van der Waals surface area (Å²) >= 11 is 0. The number of Topliss-reactive ketones (excluding diaryl/α,β-unsaturated/α-hetero) is 2. The van der Waals surface area contributed by atoms with Crippen LogP contribution in [-0.4, -0.2) is 54.0 Å². The fraction of sp³-hybridized carbons (Fsp3) is 0.600. The smallest absolute Gasteiger partial charge is 0.231 e. The Morgan fingerprint density at radius 1 is 0.895 bits per heavy atom. The Labute approximate surface area is 224 Å². The van der Waals surface area contributed by atoms with Crippen molar-refractivity contribution in [2.45, 2.75) is 72.1 Å². The molecule has 0 bridgehead atoms. The number of hydrogen-bond acceptors (Lipinski definition) is 8. The van der Waals surface area contributed by atoms with Gasteiger partial charge in [-0.05, 0) is 76.0 Å². The van der Waals surface area contributed by atoms with E-state index in [4.69, 9.17) is 14.2 Å². The van der Waals surface area contributed by atoms with Crippen LogP contribution in [0.15, 0.2) is 22.5 Å². The molecule has 1 aromatic rings. The molecule has 4 atom stereocenters. The monoisotopic (exact) mass is 528 g/mol. The highest BCUT2D eigenvalue weighted by molar-refractivity contribution is 6.24. The molecule has 5 rings (SSSR count). The average molecular weight is 529 g/mol. The van der Waals surface area contributed by atoms with Gasteiger partial charge >= 0.3 is 0 Å². The first-order valence-corrected chi connectivity index (χ1v) is 13.6. The number of phenols is 1. The van der Waals surface area contributed by atoms with E-state index in [-0.39, 0.29) is 55.1 Å². The van der Waals surface area contributed by atoms with Gasteiger partial charge in [0.1, 0.15) is 5.75 Å². The number of aliphatic hydroxyl groups is 2. The standard InChI is InChI=1S/2C15H20O4/c1-3-10-4-9(6-16)5-11-12(10)15-14(18-7-19-15)8(2)13(11)17;1-4-10-5-9(7-16)6-11-12(10)14(18)15(19-3)8(2)13(11)17/h9-10,16-17H,3-7H2,1-2H3;9-10,16H,4-7H2,1-3H3/t2*9-,10+/m00/s1. The zero-order valence-corrected chi connectivity index (χ0v) is 23.1. The molecule has 0 saturated carbocycles. The lowest BCUT2D eigenvalue weighted by Crippen LogP contribution is -2.33. The summed E-state index contributed by atoms with van der Waals surface area (Å²) in [6, 6.07) is 0. The van der Waals surface area contributed by atoms with Gasteiger partial charge in [-0.2, -0.15) is 0 Å². The molecule has 0 aromatic heterocycles. The minimum absolute atomic E-state index is 0.0515. The maximum Gasteiger partial charge on any atom is 0.231 e. The highest BCUT2D eigenvalue weighted by Crippen LogP contribution is 2.53. The third-order valence-corrected chi connectivity index (χ3v) is 8.64. The van der Waals surface area contributed by atoms with E-state index in [2.05, 4.69) is 6.92 Å². The van der Waals surface area contributed by atoms with Gasteiger partial charge in [0.05, 0.1) is 7.11 Å². The Bertz CT molecular complexity index is 1180. The van der Waals surface area contributed by atoms with Crippen molar-refractivity contribution >= 4 is 11.6 Å². The predicted molar refractivity (Wildman–Crippen MR) is 141 cm³/mol. The van der Waals surface area contributed by atoms with Crippen molar-refractivity contribution in [3.8, 4) is 17.2 Å². The summed E-state index contributed by atoms with van der Waals surface area (Å²) in [5.41, 5.74) is 4.40. The molecular weight excluding hydrogens is 488 g/mol. The zero-order valence-electron chi connectivity index (χ0n) is 23.1. The van der Waals surface area contributed by atoms with E-state index in [9.17, 15) is 24.9 Å². The molecule has 0 spiro atoms. The molecule has 3 aliphatic carbocycles. The number of methoxy groups -OCH3 is 1. The number of phenolic OH excluding ortho intramolecular Hbond substituents is 1. The molecule has 8 nitrogen and oxygen atoms in total. The molecule has 3 N–H and O–H groups in total. The fourth-order valence-corrected chi connectivity index (χ4v) is 6.56. The van der Waals surface area contributed by atoms with Gasteiger partial charge in [0.15, 0.2) is 23.0 Å². The maximum atomic E-state index is 12.5. The second-order valence-corrected chi connectivity index (χ2v) is 10.8. The summed E-state index contributed by atoms with van der Waals surface area (Å²) in [6.45, 7) is 8.08. The molecule has 0 radical (unpaired) electrons. The van der Waals surface area contributed by atoms with E-state index in [0.717, 1.165) is 48.1 Å². The molecule has 38 heavy (non-hydrogen) atoms.